The van der Waals surface area contributed by atoms with Crippen molar-refractivity contribution < 1.29 is 19.2 Å². The van der Waals surface area contributed by atoms with E-state index < -0.39 is 24.3 Å². The Hall–Kier alpha value is -1.21. The van der Waals surface area contributed by atoms with Gasteiger partial charge in [0.15, 0.2) is 0 Å². The fourth-order valence-corrected chi connectivity index (χ4v) is 0.680. The number of carbonyl (C=O) groups excluding carboxylic acids is 2. The van der Waals surface area contributed by atoms with Crippen LogP contribution in [0.5, 0.6) is 0 Å². The molecule has 0 radical (unpaired) electrons. The van der Waals surface area contributed by atoms with Gasteiger partial charge in [-0.1, -0.05) is 0 Å². The van der Waals surface area contributed by atoms with E-state index in [1.165, 1.54) is 5.48 Å². The number of hydrogen-bond donors (Lipinski definition) is 4. The second-order valence-electron chi connectivity index (χ2n) is 1.97. The maximum atomic E-state index is 12.6. The molecule has 62 valence electrons. The third-order valence-electron chi connectivity index (χ3n) is 1.21. The minimum atomic E-state index is -1.97. The Labute approximate surface area is 60.7 Å². The number of alkyl halides is 1. The number of hydroxylamine groups is 1. The highest BCUT2D eigenvalue weighted by molar-refractivity contribution is 5.99. The molecule has 1 rings (SSSR count). The van der Waals surface area contributed by atoms with Crippen LogP contribution < -0.4 is 16.1 Å². The van der Waals surface area contributed by atoms with Gasteiger partial charge in [0, 0.05) is 0 Å². The van der Waals surface area contributed by atoms with Crippen molar-refractivity contribution in [1.82, 2.24) is 16.1 Å². The standard InChI is InChI=1S/C4H6FN3O3/c5-1-2(8-11)6-4(10)7-3(1)9/h1-2,8,11H,(H2,6,7,9,10)/t1-,2+/m0/s1. The van der Waals surface area contributed by atoms with Gasteiger partial charge in [0.1, 0.15) is 6.17 Å². The minimum absolute atomic E-state index is 0.838. The summed E-state index contributed by atoms with van der Waals surface area (Å²) in [5.41, 5.74) is 1.45. The lowest BCUT2D eigenvalue weighted by Gasteiger charge is -2.24. The molecule has 7 heteroatoms. The first-order valence-corrected chi connectivity index (χ1v) is 2.80. The smallest absolute Gasteiger partial charge is 0.317 e. The summed E-state index contributed by atoms with van der Waals surface area (Å²) in [5.74, 6) is -1.07. The highest BCUT2D eigenvalue weighted by atomic mass is 19.1. The molecule has 0 aromatic rings. The van der Waals surface area contributed by atoms with Crippen molar-refractivity contribution in [2.75, 3.05) is 0 Å². The Morgan fingerprint density at radius 3 is 2.73 bits per heavy atom. The SMILES string of the molecule is O=C1NC(=O)[C@@H](F)[C@@H](NO)N1. The lowest BCUT2D eigenvalue weighted by molar-refractivity contribution is -0.129. The summed E-state index contributed by atoms with van der Waals surface area (Å²) >= 11 is 0. The molecule has 1 saturated heterocycles. The van der Waals surface area contributed by atoms with Crippen molar-refractivity contribution in [3.05, 3.63) is 0 Å². The maximum Gasteiger partial charge on any atom is 0.322 e. The fraction of sp³-hybridized carbons (Fsp3) is 0.500. The van der Waals surface area contributed by atoms with Gasteiger partial charge in [-0.2, -0.15) is 5.48 Å². The highest BCUT2D eigenvalue weighted by Crippen LogP contribution is 2.00. The van der Waals surface area contributed by atoms with Gasteiger partial charge in [0.2, 0.25) is 6.17 Å². The molecule has 1 aliphatic heterocycles. The molecule has 6 nitrogen and oxygen atoms in total. The first kappa shape index (κ1) is 7.89. The van der Waals surface area contributed by atoms with Gasteiger partial charge in [0.25, 0.3) is 5.91 Å². The summed E-state index contributed by atoms with van der Waals surface area (Å²) in [6.07, 6.45) is -3.34. The van der Waals surface area contributed by atoms with Gasteiger partial charge >= 0.3 is 6.03 Å². The van der Waals surface area contributed by atoms with E-state index in [0.29, 0.717) is 0 Å². The molecule has 3 amide bonds. The Bertz CT molecular complexity index is 197. The molecule has 2 atom stereocenters. The van der Waals surface area contributed by atoms with E-state index in [-0.39, 0.29) is 0 Å². The van der Waals surface area contributed by atoms with E-state index >= 15 is 0 Å². The molecule has 0 aromatic carbocycles. The second-order valence-corrected chi connectivity index (χ2v) is 1.97. The van der Waals surface area contributed by atoms with Crippen molar-refractivity contribution in [2.24, 2.45) is 0 Å². The molecule has 1 fully saturated rings. The van der Waals surface area contributed by atoms with E-state index in [4.69, 9.17) is 5.21 Å². The van der Waals surface area contributed by atoms with E-state index in [0.717, 1.165) is 0 Å². The van der Waals surface area contributed by atoms with Crippen LogP contribution in [0.4, 0.5) is 9.18 Å². The zero-order valence-electron chi connectivity index (χ0n) is 5.30. The van der Waals surface area contributed by atoms with Gasteiger partial charge < -0.3 is 10.5 Å². The van der Waals surface area contributed by atoms with Crippen LogP contribution in [0.2, 0.25) is 0 Å². The van der Waals surface area contributed by atoms with Gasteiger partial charge in [-0.15, -0.1) is 0 Å². The van der Waals surface area contributed by atoms with Crippen LogP contribution in [0.1, 0.15) is 0 Å². The van der Waals surface area contributed by atoms with Crippen LogP contribution in [-0.2, 0) is 4.79 Å². The summed E-state index contributed by atoms with van der Waals surface area (Å²) in [6.45, 7) is 0. The van der Waals surface area contributed by atoms with Crippen LogP contribution in [0.3, 0.4) is 0 Å². The third-order valence-corrected chi connectivity index (χ3v) is 1.21. The predicted molar refractivity (Wildman–Crippen MR) is 30.3 cm³/mol. The molecule has 11 heavy (non-hydrogen) atoms. The van der Waals surface area contributed by atoms with Crippen molar-refractivity contribution in [3.63, 3.8) is 0 Å². The van der Waals surface area contributed by atoms with Crippen molar-refractivity contribution in [3.8, 4) is 0 Å². The summed E-state index contributed by atoms with van der Waals surface area (Å²) in [5, 5.41) is 11.8. The largest absolute Gasteiger partial charge is 0.322 e. The average molecular weight is 163 g/mol. The van der Waals surface area contributed by atoms with Crippen molar-refractivity contribution in [1.29, 1.82) is 0 Å². The van der Waals surface area contributed by atoms with E-state index in [1.807, 2.05) is 5.32 Å². The Balaban J connectivity index is 2.66. The Kier molecular flexibility index (Phi) is 2.01. The molecular formula is C4H6FN3O3. The van der Waals surface area contributed by atoms with E-state index in [1.54, 1.807) is 5.32 Å². The van der Waals surface area contributed by atoms with Crippen LogP contribution in [0.25, 0.3) is 0 Å². The predicted octanol–water partition coefficient (Wildman–Crippen LogP) is -1.53. The lowest BCUT2D eigenvalue weighted by atomic mass is 10.2. The monoisotopic (exact) mass is 163 g/mol. The number of carbonyl (C=O) groups is 2. The Morgan fingerprint density at radius 2 is 2.18 bits per heavy atom. The molecule has 0 unspecified atom stereocenters. The fourth-order valence-electron chi connectivity index (χ4n) is 0.680. The van der Waals surface area contributed by atoms with Gasteiger partial charge in [-0.3, -0.25) is 10.1 Å². The quantitative estimate of drug-likeness (QED) is 0.353. The first-order chi connectivity index (χ1) is 5.15. The minimum Gasteiger partial charge on any atom is -0.317 e. The number of imide groups is 1. The molecule has 1 aliphatic rings. The summed E-state index contributed by atoms with van der Waals surface area (Å²) in [4.78, 5) is 20.9. The van der Waals surface area contributed by atoms with Crippen LogP contribution in [0, 0.1) is 0 Å². The third kappa shape index (κ3) is 1.44. The molecule has 4 N–H and O–H groups in total. The first-order valence-electron chi connectivity index (χ1n) is 2.80. The van der Waals surface area contributed by atoms with Gasteiger partial charge in [-0.25, -0.2) is 9.18 Å². The maximum absolute atomic E-state index is 12.6. The van der Waals surface area contributed by atoms with Crippen LogP contribution in [-0.4, -0.2) is 29.5 Å². The van der Waals surface area contributed by atoms with Crippen LogP contribution >= 0.6 is 0 Å². The zero-order chi connectivity index (χ0) is 8.43. The topological polar surface area (TPSA) is 90.5 Å². The Morgan fingerprint density at radius 1 is 1.55 bits per heavy atom. The van der Waals surface area contributed by atoms with Gasteiger partial charge in [0.05, 0.1) is 0 Å². The summed E-state index contributed by atoms with van der Waals surface area (Å²) < 4.78 is 12.6. The van der Waals surface area contributed by atoms with E-state index in [9.17, 15) is 14.0 Å². The summed E-state index contributed by atoms with van der Waals surface area (Å²) in [7, 11) is 0. The normalized spacial score (nSPS) is 31.1. The van der Waals surface area contributed by atoms with Gasteiger partial charge in [-0.05, 0) is 0 Å². The highest BCUT2D eigenvalue weighted by Gasteiger charge is 2.34. The molecule has 0 spiro atoms. The molecule has 1 heterocycles. The number of nitrogens with one attached hydrogen (secondary N) is 3. The number of halogens is 1. The molecule has 0 aliphatic carbocycles. The summed E-state index contributed by atoms with van der Waals surface area (Å²) in [6, 6.07) is -0.838. The number of rotatable bonds is 1. The zero-order valence-corrected chi connectivity index (χ0v) is 5.30. The van der Waals surface area contributed by atoms with Crippen molar-refractivity contribution in [2.45, 2.75) is 12.3 Å². The second kappa shape index (κ2) is 2.81. The number of urea groups is 1. The molecular weight excluding hydrogens is 157 g/mol. The van der Waals surface area contributed by atoms with Crippen LogP contribution in [0.15, 0.2) is 0 Å². The van der Waals surface area contributed by atoms with E-state index in [2.05, 4.69) is 0 Å². The molecule has 0 saturated carbocycles. The lowest BCUT2D eigenvalue weighted by Crippen LogP contribution is -2.63. The van der Waals surface area contributed by atoms with Crippen molar-refractivity contribution >= 4 is 11.9 Å². The number of amides is 3. The average Bonchev–Trinajstić information content (AvgIpc) is 1.96. The molecule has 0 bridgehead atoms. The number of hydrogen-bond acceptors (Lipinski definition) is 4. The molecule has 0 aromatic heterocycles.